The van der Waals surface area contributed by atoms with Crippen LogP contribution in [0.2, 0.25) is 0 Å². The molecule has 0 radical (unpaired) electrons. The number of H-pyrrole nitrogens is 1. The highest BCUT2D eigenvalue weighted by Gasteiger charge is 2.22. The van der Waals surface area contributed by atoms with Crippen molar-refractivity contribution in [2.24, 2.45) is 5.41 Å². The van der Waals surface area contributed by atoms with Crippen LogP contribution in [-0.2, 0) is 14.3 Å². The van der Waals surface area contributed by atoms with Crippen molar-refractivity contribution in [1.82, 2.24) is 4.98 Å². The quantitative estimate of drug-likeness (QED) is 0.820. The van der Waals surface area contributed by atoms with Crippen LogP contribution >= 0.6 is 0 Å². The van der Waals surface area contributed by atoms with Gasteiger partial charge in [-0.25, -0.2) is 0 Å². The Hall–Kier alpha value is -1.86. The van der Waals surface area contributed by atoms with E-state index in [0.29, 0.717) is 11.3 Å². The minimum atomic E-state index is -3.49. The van der Waals surface area contributed by atoms with Gasteiger partial charge < -0.3 is 9.72 Å². The van der Waals surface area contributed by atoms with Gasteiger partial charge in [0.2, 0.25) is 0 Å². The van der Waals surface area contributed by atoms with Gasteiger partial charge in [0.05, 0.1) is 25.0 Å². The van der Waals surface area contributed by atoms with E-state index in [-0.39, 0.29) is 18.8 Å². The molecule has 22 heavy (non-hydrogen) atoms. The van der Waals surface area contributed by atoms with Gasteiger partial charge >= 0.3 is 0 Å². The number of aromatic amines is 1. The standard InChI is InChI=1S/C15H19NO5S/c1-15(2,10-21-22(3,18)19)9-20-13-8-14(17)16-12-7-5-4-6-11(12)13/h4-8H,9-10H2,1-3H3,(H,16,17). The number of ether oxygens (including phenoxy) is 1. The number of hydrogen-bond donors (Lipinski definition) is 1. The third-order valence-electron chi connectivity index (χ3n) is 2.99. The van der Waals surface area contributed by atoms with Crippen molar-refractivity contribution >= 4 is 21.0 Å². The lowest BCUT2D eigenvalue weighted by Crippen LogP contribution is -2.28. The van der Waals surface area contributed by atoms with Gasteiger partial charge in [-0.1, -0.05) is 26.0 Å². The average Bonchev–Trinajstić information content (AvgIpc) is 2.42. The Morgan fingerprint density at radius 1 is 1.18 bits per heavy atom. The third kappa shape index (κ3) is 4.57. The van der Waals surface area contributed by atoms with E-state index < -0.39 is 15.5 Å². The summed E-state index contributed by atoms with van der Waals surface area (Å²) in [5.74, 6) is 0.465. The molecule has 1 heterocycles. The number of rotatable bonds is 6. The topological polar surface area (TPSA) is 85.5 Å². The molecule has 6 nitrogen and oxygen atoms in total. The minimum absolute atomic E-state index is 0.00690. The fourth-order valence-electron chi connectivity index (χ4n) is 1.87. The summed E-state index contributed by atoms with van der Waals surface area (Å²) in [6.45, 7) is 3.88. The number of hydrogen-bond acceptors (Lipinski definition) is 5. The van der Waals surface area contributed by atoms with Crippen LogP contribution in [0.15, 0.2) is 35.1 Å². The van der Waals surface area contributed by atoms with Crippen molar-refractivity contribution < 1.29 is 17.3 Å². The maximum atomic E-state index is 11.6. The maximum Gasteiger partial charge on any atom is 0.264 e. The molecule has 0 bridgehead atoms. The van der Waals surface area contributed by atoms with Crippen LogP contribution in [0, 0.1) is 5.41 Å². The maximum absolute atomic E-state index is 11.6. The molecule has 1 aromatic carbocycles. The summed E-state index contributed by atoms with van der Waals surface area (Å²) in [6, 6.07) is 8.70. The number of aromatic nitrogens is 1. The SMILES string of the molecule is CC(C)(COc1cc(=O)[nH]c2ccccc12)COS(C)(=O)=O. The summed E-state index contributed by atoms with van der Waals surface area (Å²) in [4.78, 5) is 14.4. The molecule has 0 aliphatic carbocycles. The Labute approximate surface area is 129 Å². The van der Waals surface area contributed by atoms with Crippen LogP contribution in [0.4, 0.5) is 0 Å². The van der Waals surface area contributed by atoms with Crippen LogP contribution < -0.4 is 10.3 Å². The molecule has 2 rings (SSSR count). The molecular formula is C15H19NO5S. The summed E-state index contributed by atoms with van der Waals surface area (Å²) in [5.41, 5.74) is -0.0821. The van der Waals surface area contributed by atoms with Gasteiger partial charge in [0, 0.05) is 16.9 Å². The van der Waals surface area contributed by atoms with Gasteiger partial charge in [-0.05, 0) is 12.1 Å². The molecule has 1 aromatic heterocycles. The Kier molecular flexibility index (Phi) is 4.58. The Morgan fingerprint density at radius 3 is 2.55 bits per heavy atom. The molecule has 0 saturated heterocycles. The second-order valence-corrected chi connectivity index (χ2v) is 7.61. The van der Waals surface area contributed by atoms with Crippen LogP contribution in [0.25, 0.3) is 10.9 Å². The summed E-state index contributed by atoms with van der Waals surface area (Å²) in [7, 11) is -3.49. The molecule has 0 fully saturated rings. The molecule has 0 saturated carbocycles. The molecule has 1 N–H and O–H groups in total. The van der Waals surface area contributed by atoms with Crippen molar-refractivity contribution in [2.45, 2.75) is 13.8 Å². The van der Waals surface area contributed by atoms with Crippen LogP contribution in [0.5, 0.6) is 5.75 Å². The van der Waals surface area contributed by atoms with E-state index in [4.69, 9.17) is 8.92 Å². The molecule has 2 aromatic rings. The van der Waals surface area contributed by atoms with Crippen LogP contribution in [0.1, 0.15) is 13.8 Å². The third-order valence-corrected chi connectivity index (χ3v) is 3.54. The lowest BCUT2D eigenvalue weighted by Gasteiger charge is -2.24. The molecule has 0 atom stereocenters. The normalized spacial score (nSPS) is 12.5. The second kappa shape index (κ2) is 6.10. The summed E-state index contributed by atoms with van der Waals surface area (Å²) >= 11 is 0. The van der Waals surface area contributed by atoms with Crippen molar-refractivity contribution in [3.05, 3.63) is 40.7 Å². The average molecular weight is 325 g/mol. The van der Waals surface area contributed by atoms with Crippen molar-refractivity contribution in [3.63, 3.8) is 0 Å². The van der Waals surface area contributed by atoms with Gasteiger partial charge in [-0.3, -0.25) is 8.98 Å². The molecule has 7 heteroatoms. The summed E-state index contributed by atoms with van der Waals surface area (Å²) in [6.07, 6.45) is 1.01. The fraction of sp³-hybridized carbons (Fsp3) is 0.400. The number of pyridine rings is 1. The highest BCUT2D eigenvalue weighted by atomic mass is 32.2. The van der Waals surface area contributed by atoms with Crippen molar-refractivity contribution in [1.29, 1.82) is 0 Å². The van der Waals surface area contributed by atoms with E-state index in [2.05, 4.69) is 4.98 Å². The lowest BCUT2D eigenvalue weighted by atomic mass is 9.96. The van der Waals surface area contributed by atoms with E-state index in [1.165, 1.54) is 6.07 Å². The number of nitrogens with one attached hydrogen (secondary N) is 1. The van der Waals surface area contributed by atoms with Crippen LogP contribution in [-0.4, -0.2) is 32.9 Å². The first-order chi connectivity index (χ1) is 10.2. The second-order valence-electron chi connectivity index (χ2n) is 5.96. The molecule has 0 aliphatic heterocycles. The highest BCUT2D eigenvalue weighted by Crippen LogP contribution is 2.25. The zero-order chi connectivity index (χ0) is 16.4. The number of benzene rings is 1. The largest absolute Gasteiger partial charge is 0.492 e. The van der Waals surface area contributed by atoms with Crippen molar-refractivity contribution in [3.8, 4) is 5.75 Å². The Balaban J connectivity index is 2.16. The number of fused-ring (bicyclic) bond motifs is 1. The Morgan fingerprint density at radius 2 is 1.86 bits per heavy atom. The fourth-order valence-corrected chi connectivity index (χ4v) is 2.41. The minimum Gasteiger partial charge on any atom is -0.492 e. The molecule has 0 aliphatic rings. The zero-order valence-electron chi connectivity index (χ0n) is 12.8. The van der Waals surface area contributed by atoms with E-state index >= 15 is 0 Å². The zero-order valence-corrected chi connectivity index (χ0v) is 13.6. The molecule has 0 spiro atoms. The first kappa shape index (κ1) is 16.5. The van der Waals surface area contributed by atoms with E-state index in [1.54, 1.807) is 6.07 Å². The van der Waals surface area contributed by atoms with Gasteiger partial charge in [0.15, 0.2) is 0 Å². The van der Waals surface area contributed by atoms with Crippen LogP contribution in [0.3, 0.4) is 0 Å². The van der Waals surface area contributed by atoms with E-state index in [0.717, 1.165) is 11.6 Å². The number of para-hydroxylation sites is 1. The molecule has 120 valence electrons. The molecule has 0 amide bonds. The first-order valence-electron chi connectivity index (χ1n) is 6.76. The van der Waals surface area contributed by atoms with E-state index in [1.807, 2.05) is 32.0 Å². The molecular weight excluding hydrogens is 306 g/mol. The highest BCUT2D eigenvalue weighted by molar-refractivity contribution is 7.85. The molecule has 0 unspecified atom stereocenters. The summed E-state index contributed by atoms with van der Waals surface area (Å²) in [5, 5.41) is 0.793. The summed E-state index contributed by atoms with van der Waals surface area (Å²) < 4.78 is 32.7. The van der Waals surface area contributed by atoms with Gasteiger partial charge in [-0.15, -0.1) is 0 Å². The monoisotopic (exact) mass is 325 g/mol. The predicted octanol–water partition coefficient (Wildman–Crippen LogP) is 1.91. The van der Waals surface area contributed by atoms with Gasteiger partial charge in [0.1, 0.15) is 5.75 Å². The van der Waals surface area contributed by atoms with Gasteiger partial charge in [-0.2, -0.15) is 8.42 Å². The Bertz CT molecular complexity index is 823. The van der Waals surface area contributed by atoms with E-state index in [9.17, 15) is 13.2 Å². The predicted molar refractivity (Wildman–Crippen MR) is 84.6 cm³/mol. The van der Waals surface area contributed by atoms with Gasteiger partial charge in [0.25, 0.3) is 15.7 Å². The van der Waals surface area contributed by atoms with Crippen molar-refractivity contribution in [2.75, 3.05) is 19.5 Å². The first-order valence-corrected chi connectivity index (χ1v) is 8.57. The smallest absolute Gasteiger partial charge is 0.264 e. The lowest BCUT2D eigenvalue weighted by molar-refractivity contribution is 0.115.